The average Bonchev–Trinajstić information content (AvgIpc) is 3.27. The molecule has 0 aromatic heterocycles. The molecule has 1 aliphatic rings. The summed E-state index contributed by atoms with van der Waals surface area (Å²) in [7, 11) is 0. The minimum absolute atomic E-state index is 0.554. The van der Waals surface area contributed by atoms with E-state index in [0.717, 1.165) is 6.54 Å². The second kappa shape index (κ2) is 21.6. The molecule has 2 rings (SSSR count). The molecule has 206 valence electrons. The van der Waals surface area contributed by atoms with Crippen LogP contribution in [-0.4, -0.2) is 22.5 Å². The van der Waals surface area contributed by atoms with Crippen molar-refractivity contribution in [1.82, 2.24) is 9.80 Å². The normalized spacial score (nSPS) is 15.3. The van der Waals surface area contributed by atoms with Gasteiger partial charge in [-0.05, 0) is 24.8 Å². The van der Waals surface area contributed by atoms with Crippen molar-refractivity contribution < 1.29 is 0 Å². The van der Waals surface area contributed by atoms with Gasteiger partial charge in [0.15, 0.2) is 0 Å². The van der Waals surface area contributed by atoms with Crippen LogP contribution in [-0.2, 0) is 6.54 Å². The summed E-state index contributed by atoms with van der Waals surface area (Å²) in [4.78, 5) is 5.19. The molecule has 0 saturated carbocycles. The van der Waals surface area contributed by atoms with Crippen molar-refractivity contribution in [3.05, 3.63) is 48.3 Å². The molecule has 2 heteroatoms. The molecule has 0 bridgehead atoms. The van der Waals surface area contributed by atoms with E-state index in [2.05, 4.69) is 66.4 Å². The largest absolute Gasteiger partial charge is 0.356 e. The molecule has 0 N–H and O–H groups in total. The fourth-order valence-electron chi connectivity index (χ4n) is 5.66. The van der Waals surface area contributed by atoms with E-state index in [1.54, 1.807) is 0 Å². The average molecular weight is 497 g/mol. The number of hydrogen-bond acceptors (Lipinski definition) is 2. The van der Waals surface area contributed by atoms with E-state index < -0.39 is 0 Å². The summed E-state index contributed by atoms with van der Waals surface area (Å²) in [6.07, 6.45) is 35.1. The van der Waals surface area contributed by atoms with Crippen molar-refractivity contribution in [2.45, 2.75) is 161 Å². The Morgan fingerprint density at radius 3 is 1.47 bits per heavy atom. The first-order chi connectivity index (χ1) is 17.8. The van der Waals surface area contributed by atoms with Gasteiger partial charge in [-0.15, -0.1) is 0 Å². The van der Waals surface area contributed by atoms with Gasteiger partial charge in [-0.3, -0.25) is 0 Å². The van der Waals surface area contributed by atoms with Crippen molar-refractivity contribution in [1.29, 1.82) is 0 Å². The molecule has 36 heavy (non-hydrogen) atoms. The molecule has 0 spiro atoms. The molecule has 1 aliphatic heterocycles. The lowest BCUT2D eigenvalue weighted by Crippen LogP contribution is -2.38. The first-order valence-electron chi connectivity index (χ1n) is 16.1. The van der Waals surface area contributed by atoms with Gasteiger partial charge in [0.05, 0.1) is 0 Å². The molecule has 1 aromatic carbocycles. The molecular weight excluding hydrogens is 436 g/mol. The minimum Gasteiger partial charge on any atom is -0.356 e. The summed E-state index contributed by atoms with van der Waals surface area (Å²) in [6.45, 7) is 6.85. The lowest BCUT2D eigenvalue weighted by molar-refractivity contribution is 0.132. The Morgan fingerprint density at radius 1 is 0.500 bits per heavy atom. The van der Waals surface area contributed by atoms with Gasteiger partial charge in [0, 0.05) is 25.5 Å². The summed E-state index contributed by atoms with van der Waals surface area (Å²) >= 11 is 0. The van der Waals surface area contributed by atoms with E-state index in [0.29, 0.717) is 6.17 Å². The zero-order valence-electron chi connectivity index (χ0n) is 24.3. The summed E-state index contributed by atoms with van der Waals surface area (Å²) < 4.78 is 0. The quantitative estimate of drug-likeness (QED) is 0.131. The second-order valence-corrected chi connectivity index (χ2v) is 11.3. The number of benzene rings is 1. The molecule has 1 unspecified atom stereocenters. The van der Waals surface area contributed by atoms with Crippen LogP contribution in [0.15, 0.2) is 42.7 Å². The highest BCUT2D eigenvalue weighted by Crippen LogP contribution is 2.25. The first-order valence-corrected chi connectivity index (χ1v) is 16.1. The van der Waals surface area contributed by atoms with Gasteiger partial charge in [-0.1, -0.05) is 160 Å². The molecule has 2 nitrogen and oxygen atoms in total. The van der Waals surface area contributed by atoms with E-state index in [4.69, 9.17) is 0 Å². The smallest absolute Gasteiger partial charge is 0.101 e. The Hall–Kier alpha value is -1.44. The highest BCUT2D eigenvalue weighted by Gasteiger charge is 2.25. The van der Waals surface area contributed by atoms with E-state index >= 15 is 0 Å². The number of rotatable bonds is 24. The van der Waals surface area contributed by atoms with Gasteiger partial charge in [-0.25, -0.2) is 0 Å². The maximum atomic E-state index is 2.62. The van der Waals surface area contributed by atoms with Crippen LogP contribution in [0.5, 0.6) is 0 Å². The van der Waals surface area contributed by atoms with Crippen LogP contribution in [0.3, 0.4) is 0 Å². The molecule has 0 saturated heterocycles. The molecule has 1 heterocycles. The third-order valence-corrected chi connectivity index (χ3v) is 8.01. The maximum absolute atomic E-state index is 2.62. The summed E-state index contributed by atoms with van der Waals surface area (Å²) in [5, 5.41) is 0. The lowest BCUT2D eigenvalue weighted by atomic mass is 10.0. The Morgan fingerprint density at radius 2 is 0.944 bits per heavy atom. The zero-order chi connectivity index (χ0) is 25.5. The van der Waals surface area contributed by atoms with Crippen molar-refractivity contribution in [2.75, 3.05) is 6.54 Å². The molecule has 1 atom stereocenters. The molecule has 0 fully saturated rings. The van der Waals surface area contributed by atoms with Gasteiger partial charge in [0.2, 0.25) is 0 Å². The predicted molar refractivity (Wildman–Crippen MR) is 160 cm³/mol. The van der Waals surface area contributed by atoms with Crippen LogP contribution in [0.25, 0.3) is 0 Å². The predicted octanol–water partition coefficient (Wildman–Crippen LogP) is 10.8. The molecule has 0 amide bonds. The maximum Gasteiger partial charge on any atom is 0.101 e. The van der Waals surface area contributed by atoms with Crippen LogP contribution >= 0.6 is 0 Å². The standard InChI is InChI=1S/C34H60N2/c1-3-5-7-8-9-10-11-12-13-14-15-16-17-18-19-20-24-28-34-35(29-25-6-4-2)30-31-36(34)32-33-26-22-21-23-27-33/h21-23,26-27,30-31,34H,3-20,24-25,28-29,32H2,1-2H3. The van der Waals surface area contributed by atoms with Crippen LogP contribution in [0, 0.1) is 0 Å². The highest BCUT2D eigenvalue weighted by molar-refractivity contribution is 5.15. The van der Waals surface area contributed by atoms with E-state index in [9.17, 15) is 0 Å². The minimum atomic E-state index is 0.554. The molecule has 1 aromatic rings. The van der Waals surface area contributed by atoms with Crippen molar-refractivity contribution in [3.63, 3.8) is 0 Å². The first kappa shape index (κ1) is 30.8. The fourth-order valence-corrected chi connectivity index (χ4v) is 5.66. The van der Waals surface area contributed by atoms with Crippen molar-refractivity contribution in [3.8, 4) is 0 Å². The zero-order valence-corrected chi connectivity index (χ0v) is 24.3. The Kier molecular flexibility index (Phi) is 18.5. The van der Waals surface area contributed by atoms with Crippen molar-refractivity contribution in [2.24, 2.45) is 0 Å². The van der Waals surface area contributed by atoms with Gasteiger partial charge >= 0.3 is 0 Å². The monoisotopic (exact) mass is 496 g/mol. The van der Waals surface area contributed by atoms with Crippen LogP contribution in [0.1, 0.15) is 154 Å². The Balaban J connectivity index is 1.48. The lowest BCUT2D eigenvalue weighted by Gasteiger charge is -2.33. The fraction of sp³-hybridized carbons (Fsp3) is 0.765. The van der Waals surface area contributed by atoms with E-state index in [-0.39, 0.29) is 0 Å². The summed E-state index contributed by atoms with van der Waals surface area (Å²) in [5.41, 5.74) is 1.42. The SMILES string of the molecule is CCCCCCCCCCCCCCCCCCCC1N(CCCCC)C=CN1Cc1ccccc1. The van der Waals surface area contributed by atoms with Gasteiger partial charge in [0.25, 0.3) is 0 Å². The highest BCUT2D eigenvalue weighted by atomic mass is 15.4. The molecule has 0 radical (unpaired) electrons. The van der Waals surface area contributed by atoms with Crippen LogP contribution in [0.4, 0.5) is 0 Å². The molecular formula is C34H60N2. The van der Waals surface area contributed by atoms with Gasteiger partial charge in [0.1, 0.15) is 6.17 Å². The third-order valence-electron chi connectivity index (χ3n) is 8.01. The van der Waals surface area contributed by atoms with E-state index in [1.165, 1.54) is 147 Å². The van der Waals surface area contributed by atoms with E-state index in [1.807, 2.05) is 0 Å². The van der Waals surface area contributed by atoms with Crippen molar-refractivity contribution >= 4 is 0 Å². The van der Waals surface area contributed by atoms with Gasteiger partial charge in [-0.2, -0.15) is 0 Å². The molecule has 0 aliphatic carbocycles. The Labute approximate surface area is 225 Å². The second-order valence-electron chi connectivity index (χ2n) is 11.3. The van der Waals surface area contributed by atoms with Crippen LogP contribution in [0.2, 0.25) is 0 Å². The summed E-state index contributed by atoms with van der Waals surface area (Å²) in [5.74, 6) is 0. The summed E-state index contributed by atoms with van der Waals surface area (Å²) in [6, 6.07) is 11.0. The topological polar surface area (TPSA) is 6.48 Å². The van der Waals surface area contributed by atoms with Gasteiger partial charge < -0.3 is 9.80 Å². The third kappa shape index (κ3) is 14.3. The van der Waals surface area contributed by atoms with Crippen LogP contribution < -0.4 is 0 Å². The number of unbranched alkanes of at least 4 members (excludes halogenated alkanes) is 18. The number of nitrogens with zero attached hydrogens (tertiary/aromatic N) is 2. The number of hydrogen-bond donors (Lipinski definition) is 0. The Bertz CT molecular complexity index is 625.